The van der Waals surface area contributed by atoms with Crippen molar-refractivity contribution < 1.29 is 9.53 Å². The van der Waals surface area contributed by atoms with Crippen LogP contribution in [0.5, 0.6) is 0 Å². The first-order chi connectivity index (χ1) is 12.7. The summed E-state index contributed by atoms with van der Waals surface area (Å²) in [6, 6.07) is 21.2. The number of para-hydroxylation sites is 1. The number of rotatable bonds is 3. The summed E-state index contributed by atoms with van der Waals surface area (Å²) in [5.41, 5.74) is 3.29. The number of hydrogen-bond acceptors (Lipinski definition) is 5. The van der Waals surface area contributed by atoms with Crippen molar-refractivity contribution in [2.75, 3.05) is 6.61 Å². The lowest BCUT2D eigenvalue weighted by atomic mass is 10.2. The highest BCUT2D eigenvalue weighted by Gasteiger charge is 2.07. The Morgan fingerprint density at radius 1 is 1.08 bits per heavy atom. The van der Waals surface area contributed by atoms with Crippen molar-refractivity contribution in [3.63, 3.8) is 0 Å². The average Bonchev–Trinajstić information content (AvgIpc) is 2.67. The molecule has 0 N–H and O–H groups in total. The standard InChI is InChI=1S/C21H16N2O2S/c1-2-25-21(24)14-7-9-15(10-8-14)22-16-11-12-18-20(13-16)26-19-6-4-3-5-17(19)23-18/h3-13H,2H2,1H3/b22-16-. The SMILES string of the molecule is CCOC(=O)c1ccc(/N=c2/ccc3nc4ccccc4sc-3c2)cc1. The Hall–Kier alpha value is -3.05. The fourth-order valence-electron chi connectivity index (χ4n) is 2.67. The lowest BCUT2D eigenvalue weighted by Crippen LogP contribution is -2.04. The van der Waals surface area contributed by atoms with Crippen LogP contribution in [-0.4, -0.2) is 17.6 Å². The third kappa shape index (κ3) is 3.34. The van der Waals surface area contributed by atoms with Crippen molar-refractivity contribution in [3.05, 3.63) is 77.7 Å². The molecule has 128 valence electrons. The molecule has 0 saturated heterocycles. The van der Waals surface area contributed by atoms with Gasteiger partial charge in [-0.15, -0.1) is 11.3 Å². The van der Waals surface area contributed by atoms with E-state index in [2.05, 4.69) is 11.1 Å². The molecule has 0 atom stereocenters. The second-order valence-electron chi connectivity index (χ2n) is 5.71. The van der Waals surface area contributed by atoms with Crippen molar-refractivity contribution in [2.45, 2.75) is 6.92 Å². The summed E-state index contributed by atoms with van der Waals surface area (Å²) in [5.74, 6) is -0.315. The predicted molar refractivity (Wildman–Crippen MR) is 104 cm³/mol. The lowest BCUT2D eigenvalue weighted by Gasteiger charge is -2.05. The van der Waals surface area contributed by atoms with Crippen molar-refractivity contribution in [1.29, 1.82) is 0 Å². The first kappa shape index (κ1) is 16.4. The van der Waals surface area contributed by atoms with Crippen LogP contribution in [0, 0.1) is 0 Å². The van der Waals surface area contributed by atoms with Crippen LogP contribution in [-0.2, 0) is 4.74 Å². The maximum atomic E-state index is 11.7. The highest BCUT2D eigenvalue weighted by molar-refractivity contribution is 7.21. The second-order valence-corrected chi connectivity index (χ2v) is 6.80. The molecule has 1 aliphatic carbocycles. The van der Waals surface area contributed by atoms with E-state index in [4.69, 9.17) is 9.72 Å². The lowest BCUT2D eigenvalue weighted by molar-refractivity contribution is 0.0526. The van der Waals surface area contributed by atoms with Gasteiger partial charge in [-0.1, -0.05) is 12.1 Å². The van der Waals surface area contributed by atoms with Crippen LogP contribution in [0.15, 0.2) is 71.7 Å². The highest BCUT2D eigenvalue weighted by atomic mass is 32.1. The summed E-state index contributed by atoms with van der Waals surface area (Å²) >= 11 is 1.70. The smallest absolute Gasteiger partial charge is 0.338 e. The monoisotopic (exact) mass is 360 g/mol. The molecule has 26 heavy (non-hydrogen) atoms. The van der Waals surface area contributed by atoms with Gasteiger partial charge < -0.3 is 4.74 Å². The number of hydrogen-bond donors (Lipinski definition) is 0. The number of esters is 1. The van der Waals surface area contributed by atoms with Crippen LogP contribution >= 0.6 is 11.3 Å². The molecule has 0 spiro atoms. The molecular formula is C21H16N2O2S. The largest absolute Gasteiger partial charge is 0.462 e. The zero-order valence-corrected chi connectivity index (χ0v) is 15.0. The molecule has 0 unspecified atom stereocenters. The van der Waals surface area contributed by atoms with Crippen LogP contribution in [0.4, 0.5) is 5.69 Å². The van der Waals surface area contributed by atoms with Crippen molar-refractivity contribution >= 4 is 33.2 Å². The molecule has 0 amide bonds. The molecule has 0 saturated carbocycles. The Balaban J connectivity index is 1.71. The Morgan fingerprint density at radius 2 is 1.88 bits per heavy atom. The third-order valence-electron chi connectivity index (χ3n) is 3.91. The van der Waals surface area contributed by atoms with Crippen molar-refractivity contribution in [1.82, 2.24) is 4.98 Å². The van der Waals surface area contributed by atoms with Crippen LogP contribution in [0.2, 0.25) is 0 Å². The van der Waals surface area contributed by atoms with E-state index in [0.29, 0.717) is 12.2 Å². The number of ether oxygens (including phenoxy) is 1. The Morgan fingerprint density at radius 3 is 2.69 bits per heavy atom. The minimum absolute atomic E-state index is 0.315. The van der Waals surface area contributed by atoms with Crippen LogP contribution in [0.1, 0.15) is 17.3 Å². The quantitative estimate of drug-likeness (QED) is 0.389. The summed E-state index contributed by atoms with van der Waals surface area (Å²) in [7, 11) is 0. The maximum absolute atomic E-state index is 11.7. The summed E-state index contributed by atoms with van der Waals surface area (Å²) < 4.78 is 6.14. The number of carbonyl (C=O) groups excluding carboxylic acids is 1. The second kappa shape index (κ2) is 7.06. The summed E-state index contributed by atoms with van der Waals surface area (Å²) in [6.45, 7) is 2.16. The minimum Gasteiger partial charge on any atom is -0.462 e. The van der Waals surface area contributed by atoms with Gasteiger partial charge in [0.1, 0.15) is 0 Å². The summed E-state index contributed by atoms with van der Waals surface area (Å²) in [5, 5.41) is 0.856. The number of benzene rings is 3. The number of fused-ring (bicyclic) bond motifs is 2. The van der Waals surface area contributed by atoms with E-state index >= 15 is 0 Å². The first-order valence-electron chi connectivity index (χ1n) is 8.34. The van der Waals surface area contributed by atoms with E-state index in [0.717, 1.165) is 31.8 Å². The number of nitrogens with zero attached hydrogens (tertiary/aromatic N) is 2. The van der Waals surface area contributed by atoms with Gasteiger partial charge in [0.15, 0.2) is 0 Å². The highest BCUT2D eigenvalue weighted by Crippen LogP contribution is 2.29. The maximum Gasteiger partial charge on any atom is 0.338 e. The molecule has 1 heterocycles. The molecule has 2 aromatic carbocycles. The van der Waals surface area contributed by atoms with E-state index in [9.17, 15) is 4.79 Å². The topological polar surface area (TPSA) is 51.5 Å². The van der Waals surface area contributed by atoms with Gasteiger partial charge in [0.2, 0.25) is 0 Å². The molecule has 2 aliphatic rings. The zero-order valence-electron chi connectivity index (χ0n) is 14.2. The molecule has 1 aliphatic heterocycles. The van der Waals surface area contributed by atoms with E-state index in [1.54, 1.807) is 30.4 Å². The van der Waals surface area contributed by atoms with E-state index in [1.165, 1.54) is 0 Å². The van der Waals surface area contributed by atoms with E-state index < -0.39 is 0 Å². The fourth-order valence-corrected chi connectivity index (χ4v) is 3.67. The normalized spacial score (nSPS) is 11.8. The van der Waals surface area contributed by atoms with Gasteiger partial charge in [0.25, 0.3) is 0 Å². The first-order valence-corrected chi connectivity index (χ1v) is 9.16. The summed E-state index contributed by atoms with van der Waals surface area (Å²) in [6.07, 6.45) is 0. The zero-order chi connectivity index (χ0) is 17.9. The van der Waals surface area contributed by atoms with Crippen LogP contribution in [0.3, 0.4) is 0 Å². The molecule has 0 bridgehead atoms. The predicted octanol–water partition coefficient (Wildman–Crippen LogP) is 4.81. The molecule has 0 aromatic heterocycles. The fraction of sp³-hybridized carbons (Fsp3) is 0.0952. The minimum atomic E-state index is -0.315. The van der Waals surface area contributed by atoms with Gasteiger partial charge in [-0.2, -0.15) is 0 Å². The van der Waals surface area contributed by atoms with Gasteiger partial charge in [0.05, 0.1) is 44.0 Å². The Kier molecular flexibility index (Phi) is 4.46. The van der Waals surface area contributed by atoms with Gasteiger partial charge >= 0.3 is 5.97 Å². The Labute approximate surface area is 154 Å². The van der Waals surface area contributed by atoms with E-state index in [-0.39, 0.29) is 5.97 Å². The van der Waals surface area contributed by atoms with Gasteiger partial charge in [-0.3, -0.25) is 0 Å². The number of aromatic nitrogens is 1. The molecule has 2 aromatic rings. The third-order valence-corrected chi connectivity index (χ3v) is 5.02. The molecular weight excluding hydrogens is 344 g/mol. The number of carbonyl (C=O) groups is 1. The van der Waals surface area contributed by atoms with E-state index in [1.807, 2.05) is 48.5 Å². The van der Waals surface area contributed by atoms with Gasteiger partial charge in [-0.25, -0.2) is 14.8 Å². The average molecular weight is 360 g/mol. The van der Waals surface area contributed by atoms with Crippen LogP contribution in [0.25, 0.3) is 20.8 Å². The van der Waals surface area contributed by atoms with Crippen molar-refractivity contribution in [3.8, 4) is 10.6 Å². The molecule has 0 fully saturated rings. The van der Waals surface area contributed by atoms with Gasteiger partial charge in [-0.05, 0) is 61.5 Å². The van der Waals surface area contributed by atoms with Crippen LogP contribution < -0.4 is 5.36 Å². The summed E-state index contributed by atoms with van der Waals surface area (Å²) in [4.78, 5) is 22.1. The van der Waals surface area contributed by atoms with Gasteiger partial charge in [0, 0.05) is 0 Å². The molecule has 4 nitrogen and oxygen atoms in total. The molecule has 5 heteroatoms. The van der Waals surface area contributed by atoms with Crippen molar-refractivity contribution in [2.24, 2.45) is 4.99 Å². The molecule has 0 radical (unpaired) electrons. The molecule has 4 rings (SSSR count). The Bertz CT molecular complexity index is 1120.